The van der Waals surface area contributed by atoms with E-state index in [-0.39, 0.29) is 12.5 Å². The van der Waals surface area contributed by atoms with E-state index in [1.807, 2.05) is 0 Å². The van der Waals surface area contributed by atoms with Gasteiger partial charge in [0.2, 0.25) is 0 Å². The van der Waals surface area contributed by atoms with E-state index in [2.05, 4.69) is 30.2 Å². The minimum Gasteiger partial charge on any atom is -0.264 e. The predicted molar refractivity (Wildman–Crippen MR) is 111 cm³/mol. The average Bonchev–Trinajstić information content (AvgIpc) is 2.59. The molecule has 0 bridgehead atoms. The largest absolute Gasteiger partial charge is 0.397 e. The van der Waals surface area contributed by atoms with Crippen molar-refractivity contribution in [3.05, 3.63) is 12.2 Å². The van der Waals surface area contributed by atoms with Crippen molar-refractivity contribution in [2.24, 2.45) is 5.92 Å². The van der Waals surface area contributed by atoms with Crippen molar-refractivity contribution in [1.29, 1.82) is 0 Å². The Morgan fingerprint density at radius 3 is 1.81 bits per heavy atom. The van der Waals surface area contributed by atoms with Gasteiger partial charge in [-0.3, -0.25) is 4.55 Å². The van der Waals surface area contributed by atoms with Gasteiger partial charge in [0, 0.05) is 5.92 Å². The Bertz CT molecular complexity index is 418. The van der Waals surface area contributed by atoms with E-state index in [1.165, 1.54) is 64.2 Å². The second-order valence-electron chi connectivity index (χ2n) is 7.37. The summed E-state index contributed by atoms with van der Waals surface area (Å²) in [5.74, 6) is 0.0624. The minimum absolute atomic E-state index is 0.0409. The van der Waals surface area contributed by atoms with Gasteiger partial charge in [0.1, 0.15) is 0 Å². The fourth-order valence-corrected chi connectivity index (χ4v) is 3.44. The van der Waals surface area contributed by atoms with E-state index in [1.54, 1.807) is 0 Å². The van der Waals surface area contributed by atoms with Crippen molar-refractivity contribution in [2.75, 3.05) is 6.61 Å². The molecule has 4 nitrogen and oxygen atoms in total. The summed E-state index contributed by atoms with van der Waals surface area (Å²) in [4.78, 5) is 0. The Labute approximate surface area is 162 Å². The molecular formula is C21H42O4S. The summed E-state index contributed by atoms with van der Waals surface area (Å²) >= 11 is 0. The van der Waals surface area contributed by atoms with Gasteiger partial charge in [-0.1, -0.05) is 109 Å². The van der Waals surface area contributed by atoms with Crippen molar-refractivity contribution in [3.8, 4) is 0 Å². The van der Waals surface area contributed by atoms with Crippen molar-refractivity contribution in [1.82, 2.24) is 0 Å². The normalized spacial score (nSPS) is 13.5. The van der Waals surface area contributed by atoms with Gasteiger partial charge < -0.3 is 0 Å². The van der Waals surface area contributed by atoms with E-state index >= 15 is 0 Å². The number of unbranched alkanes of at least 4 members (excludes halogenated alkanes) is 12. The Morgan fingerprint density at radius 2 is 1.31 bits per heavy atom. The first-order valence-corrected chi connectivity index (χ1v) is 12.1. The highest BCUT2D eigenvalue weighted by Gasteiger charge is 2.11. The van der Waals surface area contributed by atoms with Gasteiger partial charge in [0.25, 0.3) is 0 Å². The fourth-order valence-electron chi connectivity index (χ4n) is 3.09. The van der Waals surface area contributed by atoms with Crippen molar-refractivity contribution >= 4 is 10.4 Å². The molecule has 156 valence electrons. The van der Waals surface area contributed by atoms with Crippen LogP contribution < -0.4 is 0 Å². The number of rotatable bonds is 19. The fraction of sp³-hybridized carbons (Fsp3) is 0.905. The molecule has 0 aromatic rings. The van der Waals surface area contributed by atoms with E-state index in [4.69, 9.17) is 4.55 Å². The molecule has 0 radical (unpaired) electrons. The van der Waals surface area contributed by atoms with Crippen LogP contribution in [-0.2, 0) is 14.6 Å². The van der Waals surface area contributed by atoms with Gasteiger partial charge in [-0.2, -0.15) is 8.42 Å². The molecule has 0 saturated carbocycles. The van der Waals surface area contributed by atoms with Gasteiger partial charge in [0.15, 0.2) is 0 Å². The quantitative estimate of drug-likeness (QED) is 0.148. The molecule has 0 amide bonds. The van der Waals surface area contributed by atoms with Gasteiger partial charge >= 0.3 is 10.4 Å². The first-order chi connectivity index (χ1) is 12.5. The van der Waals surface area contributed by atoms with Crippen LogP contribution >= 0.6 is 0 Å². The smallest absolute Gasteiger partial charge is 0.264 e. The highest BCUT2D eigenvalue weighted by molar-refractivity contribution is 7.80. The molecule has 1 N–H and O–H groups in total. The summed E-state index contributed by atoms with van der Waals surface area (Å²) in [5, 5.41) is 0. The first-order valence-electron chi connectivity index (χ1n) is 10.8. The number of hydrogen-bond donors (Lipinski definition) is 1. The van der Waals surface area contributed by atoms with E-state index < -0.39 is 10.4 Å². The molecule has 0 aromatic heterocycles. The zero-order chi connectivity index (χ0) is 19.5. The zero-order valence-electron chi connectivity index (χ0n) is 17.1. The molecule has 0 saturated heterocycles. The van der Waals surface area contributed by atoms with Gasteiger partial charge in [-0.05, 0) is 12.8 Å². The lowest BCUT2D eigenvalue weighted by atomic mass is 9.99. The van der Waals surface area contributed by atoms with Crippen LogP contribution in [0.2, 0.25) is 0 Å². The summed E-state index contributed by atoms with van der Waals surface area (Å²) < 4.78 is 34.9. The molecule has 0 heterocycles. The lowest BCUT2D eigenvalue weighted by Crippen LogP contribution is -2.12. The molecular weight excluding hydrogens is 348 g/mol. The maximum Gasteiger partial charge on any atom is 0.397 e. The molecule has 1 atom stereocenters. The molecule has 0 aliphatic heterocycles. The van der Waals surface area contributed by atoms with Crippen LogP contribution in [0.25, 0.3) is 0 Å². The molecule has 0 aliphatic rings. The molecule has 0 aromatic carbocycles. The van der Waals surface area contributed by atoms with Gasteiger partial charge in [0.05, 0.1) is 6.61 Å². The summed E-state index contributed by atoms with van der Waals surface area (Å²) in [7, 11) is -4.34. The van der Waals surface area contributed by atoms with Crippen LogP contribution in [0.15, 0.2) is 12.2 Å². The van der Waals surface area contributed by atoms with E-state index in [0.29, 0.717) is 0 Å². The number of hydrogen-bond acceptors (Lipinski definition) is 3. The molecule has 1 unspecified atom stereocenters. The summed E-state index contributed by atoms with van der Waals surface area (Å²) in [6.07, 6.45) is 22.7. The summed E-state index contributed by atoms with van der Waals surface area (Å²) in [5.41, 5.74) is 0. The van der Waals surface area contributed by atoms with Crippen LogP contribution in [0.5, 0.6) is 0 Å². The molecule has 5 heteroatoms. The summed E-state index contributed by atoms with van der Waals surface area (Å²) in [6.45, 7) is 4.44. The Balaban J connectivity index is 3.78. The molecule has 0 rings (SSSR count). The first kappa shape index (κ1) is 25.6. The standard InChI is InChI=1S/C21H42O4S/c1-3-5-7-9-10-11-12-13-14-15-17-19-21(18-16-8-6-4-2)20-25-26(22,23)24/h16,18,21H,3-15,17,19-20H2,1-2H3,(H,22,23,24)/b18-16+. The Morgan fingerprint density at radius 1 is 0.808 bits per heavy atom. The predicted octanol–water partition coefficient (Wildman–Crippen LogP) is 6.87. The molecule has 0 spiro atoms. The maximum absolute atomic E-state index is 10.8. The van der Waals surface area contributed by atoms with Crippen LogP contribution in [0.3, 0.4) is 0 Å². The maximum atomic E-state index is 10.8. The van der Waals surface area contributed by atoms with Gasteiger partial charge in [-0.25, -0.2) is 4.18 Å². The topological polar surface area (TPSA) is 63.6 Å². The average molecular weight is 391 g/mol. The molecule has 26 heavy (non-hydrogen) atoms. The monoisotopic (exact) mass is 390 g/mol. The van der Waals surface area contributed by atoms with Crippen LogP contribution in [0.1, 0.15) is 110 Å². The third kappa shape index (κ3) is 19.9. The second-order valence-corrected chi connectivity index (χ2v) is 8.46. The van der Waals surface area contributed by atoms with E-state index in [0.717, 1.165) is 32.1 Å². The highest BCUT2D eigenvalue weighted by Crippen LogP contribution is 2.16. The highest BCUT2D eigenvalue weighted by atomic mass is 32.3. The Hall–Kier alpha value is -0.390. The minimum atomic E-state index is -4.34. The number of allylic oxidation sites excluding steroid dienone is 1. The third-order valence-electron chi connectivity index (χ3n) is 4.74. The van der Waals surface area contributed by atoms with Crippen molar-refractivity contribution in [3.63, 3.8) is 0 Å². The second kappa shape index (κ2) is 18.0. The Kier molecular flexibility index (Phi) is 17.7. The zero-order valence-corrected chi connectivity index (χ0v) is 17.9. The molecule has 0 fully saturated rings. The van der Waals surface area contributed by atoms with Crippen molar-refractivity contribution in [2.45, 2.75) is 110 Å². The van der Waals surface area contributed by atoms with Gasteiger partial charge in [-0.15, -0.1) is 0 Å². The van der Waals surface area contributed by atoms with Crippen LogP contribution in [-0.4, -0.2) is 19.6 Å². The lowest BCUT2D eigenvalue weighted by molar-refractivity contribution is 0.234. The van der Waals surface area contributed by atoms with Crippen LogP contribution in [0, 0.1) is 5.92 Å². The van der Waals surface area contributed by atoms with Crippen LogP contribution in [0.4, 0.5) is 0 Å². The summed E-state index contributed by atoms with van der Waals surface area (Å²) in [6, 6.07) is 0. The van der Waals surface area contributed by atoms with Crippen molar-refractivity contribution < 1.29 is 17.2 Å². The molecule has 0 aliphatic carbocycles. The third-order valence-corrected chi connectivity index (χ3v) is 5.18. The lowest BCUT2D eigenvalue weighted by Gasteiger charge is -2.12. The van der Waals surface area contributed by atoms with E-state index in [9.17, 15) is 8.42 Å². The SMILES string of the molecule is CCCC/C=C/C(CCCCCCCCCCCCC)COS(=O)(=O)O.